The minimum Gasteiger partial charge on any atom is -0.381 e. The molecule has 3 rings (SSSR count). The quantitative estimate of drug-likeness (QED) is 0.374. The van der Waals surface area contributed by atoms with Crippen LogP contribution in [0, 0.1) is 5.41 Å². The van der Waals surface area contributed by atoms with Gasteiger partial charge >= 0.3 is 0 Å². The second-order valence-corrected chi connectivity index (χ2v) is 8.87. The highest BCUT2D eigenvalue weighted by molar-refractivity contribution is 14.0. The lowest BCUT2D eigenvalue weighted by Gasteiger charge is -2.62. The Kier molecular flexibility index (Phi) is 8.16. The summed E-state index contributed by atoms with van der Waals surface area (Å²) >= 11 is 0. The van der Waals surface area contributed by atoms with E-state index in [1.165, 1.54) is 11.1 Å². The van der Waals surface area contributed by atoms with Crippen molar-refractivity contribution in [2.45, 2.75) is 65.3 Å². The molecule has 0 aliphatic carbocycles. The fraction of sp³-hybridized carbons (Fsp3) is 0.682. The van der Waals surface area contributed by atoms with E-state index in [0.29, 0.717) is 18.1 Å². The van der Waals surface area contributed by atoms with Crippen molar-refractivity contribution >= 4 is 29.9 Å². The molecule has 0 atom stereocenters. The molecule has 158 valence electrons. The van der Waals surface area contributed by atoms with Crippen LogP contribution in [-0.2, 0) is 22.6 Å². The number of likely N-dealkylation sites (tertiary alicyclic amines) is 1. The molecule has 0 bridgehead atoms. The van der Waals surface area contributed by atoms with Gasteiger partial charge in [-0.25, -0.2) is 0 Å². The molecule has 1 aromatic rings. The standard InChI is InChI=1S/C22H35N3O2.HI/c1-21(2)16-25(22(21,3)4)20(23-5)24-14-17-7-6-8-18(13-17)15-27-19-9-11-26-12-10-19;/h6-8,13,19H,9-12,14-16H2,1-5H3,(H,23,24);1H. The van der Waals surface area contributed by atoms with Gasteiger partial charge in [0.2, 0.25) is 0 Å². The van der Waals surface area contributed by atoms with Gasteiger partial charge < -0.3 is 19.7 Å². The van der Waals surface area contributed by atoms with Crippen LogP contribution in [0.1, 0.15) is 51.7 Å². The van der Waals surface area contributed by atoms with E-state index < -0.39 is 0 Å². The Morgan fingerprint density at radius 3 is 2.50 bits per heavy atom. The molecule has 0 amide bonds. The smallest absolute Gasteiger partial charge is 0.194 e. The number of hydrogen-bond donors (Lipinski definition) is 1. The molecule has 2 saturated heterocycles. The number of rotatable bonds is 5. The summed E-state index contributed by atoms with van der Waals surface area (Å²) in [6, 6.07) is 8.63. The monoisotopic (exact) mass is 501 g/mol. The molecule has 0 spiro atoms. The maximum Gasteiger partial charge on any atom is 0.194 e. The SMILES string of the molecule is CN=C(NCc1cccc(COC2CCOCC2)c1)N1CC(C)(C)C1(C)C.I. The van der Waals surface area contributed by atoms with Gasteiger partial charge in [-0.3, -0.25) is 4.99 Å². The minimum absolute atomic E-state index is 0. The van der Waals surface area contributed by atoms with E-state index >= 15 is 0 Å². The van der Waals surface area contributed by atoms with E-state index in [2.05, 4.69) is 67.2 Å². The summed E-state index contributed by atoms with van der Waals surface area (Å²) < 4.78 is 11.4. The third-order valence-electron chi connectivity index (χ3n) is 6.45. The first-order valence-corrected chi connectivity index (χ1v) is 10.1. The predicted octanol–water partition coefficient (Wildman–Crippen LogP) is 4.20. The first-order chi connectivity index (χ1) is 12.8. The summed E-state index contributed by atoms with van der Waals surface area (Å²) in [5, 5.41) is 3.53. The van der Waals surface area contributed by atoms with E-state index in [9.17, 15) is 0 Å². The normalized spacial score (nSPS) is 21.6. The zero-order chi connectivity index (χ0) is 19.5. The van der Waals surface area contributed by atoms with Crippen LogP contribution in [0.5, 0.6) is 0 Å². The maximum atomic E-state index is 6.05. The minimum atomic E-state index is 0. The second kappa shape index (κ2) is 9.76. The van der Waals surface area contributed by atoms with Crippen LogP contribution in [0.15, 0.2) is 29.3 Å². The number of aliphatic imine (C=N–C) groups is 1. The summed E-state index contributed by atoms with van der Waals surface area (Å²) in [6.45, 7) is 13.3. The molecule has 1 N–H and O–H groups in total. The van der Waals surface area contributed by atoms with Crippen molar-refractivity contribution < 1.29 is 9.47 Å². The van der Waals surface area contributed by atoms with Crippen LogP contribution in [0.3, 0.4) is 0 Å². The molecule has 2 heterocycles. The van der Waals surface area contributed by atoms with E-state index in [1.54, 1.807) is 0 Å². The number of guanidine groups is 1. The summed E-state index contributed by atoms with van der Waals surface area (Å²) in [5.74, 6) is 0.975. The second-order valence-electron chi connectivity index (χ2n) is 8.87. The van der Waals surface area contributed by atoms with Gasteiger partial charge in [-0.1, -0.05) is 38.1 Å². The lowest BCUT2D eigenvalue weighted by molar-refractivity contribution is -0.0667. The molecule has 0 saturated carbocycles. The molecular formula is C22H36IN3O2. The first kappa shape index (κ1) is 23.4. The third kappa shape index (κ3) is 5.19. The Balaban J connectivity index is 0.00000280. The lowest BCUT2D eigenvalue weighted by Crippen LogP contribution is -2.72. The summed E-state index contributed by atoms with van der Waals surface area (Å²) in [5.41, 5.74) is 2.88. The summed E-state index contributed by atoms with van der Waals surface area (Å²) in [6.07, 6.45) is 2.33. The molecule has 1 aromatic carbocycles. The average molecular weight is 501 g/mol. The highest BCUT2D eigenvalue weighted by Gasteiger charge is 2.53. The zero-order valence-corrected chi connectivity index (χ0v) is 20.3. The van der Waals surface area contributed by atoms with Gasteiger partial charge in [0.25, 0.3) is 0 Å². The van der Waals surface area contributed by atoms with E-state index in [4.69, 9.17) is 9.47 Å². The van der Waals surface area contributed by atoms with Crippen LogP contribution in [0.4, 0.5) is 0 Å². The van der Waals surface area contributed by atoms with Crippen LogP contribution < -0.4 is 5.32 Å². The largest absolute Gasteiger partial charge is 0.381 e. The fourth-order valence-corrected chi connectivity index (χ4v) is 3.76. The van der Waals surface area contributed by atoms with Crippen molar-refractivity contribution in [2.24, 2.45) is 10.4 Å². The number of nitrogens with zero attached hydrogens (tertiary/aromatic N) is 2. The van der Waals surface area contributed by atoms with Crippen LogP contribution in [0.2, 0.25) is 0 Å². The first-order valence-electron chi connectivity index (χ1n) is 10.1. The molecule has 5 nitrogen and oxygen atoms in total. The Hall–Kier alpha value is -0.860. The van der Waals surface area contributed by atoms with Gasteiger partial charge in [0.05, 0.1) is 12.7 Å². The van der Waals surface area contributed by atoms with E-state index in [1.807, 2.05) is 7.05 Å². The Morgan fingerprint density at radius 2 is 1.89 bits per heavy atom. The fourth-order valence-electron chi connectivity index (χ4n) is 3.76. The Bertz CT molecular complexity index is 670. The third-order valence-corrected chi connectivity index (χ3v) is 6.45. The van der Waals surface area contributed by atoms with Gasteiger partial charge in [-0.2, -0.15) is 0 Å². The van der Waals surface area contributed by atoms with E-state index in [-0.39, 0.29) is 29.5 Å². The predicted molar refractivity (Wildman–Crippen MR) is 125 cm³/mol. The molecular weight excluding hydrogens is 465 g/mol. The molecule has 28 heavy (non-hydrogen) atoms. The molecule has 2 aliphatic heterocycles. The molecule has 0 aromatic heterocycles. The lowest BCUT2D eigenvalue weighted by atomic mass is 9.65. The van der Waals surface area contributed by atoms with Crippen molar-refractivity contribution in [3.8, 4) is 0 Å². The number of nitrogens with one attached hydrogen (secondary N) is 1. The topological polar surface area (TPSA) is 46.1 Å². The van der Waals surface area contributed by atoms with Gasteiger partial charge in [0.15, 0.2) is 5.96 Å². The van der Waals surface area contributed by atoms with E-state index in [0.717, 1.165) is 45.1 Å². The molecule has 2 fully saturated rings. The van der Waals surface area contributed by atoms with Crippen molar-refractivity contribution in [2.75, 3.05) is 26.8 Å². The van der Waals surface area contributed by atoms with Gasteiger partial charge in [0, 0.05) is 44.3 Å². The number of hydrogen-bond acceptors (Lipinski definition) is 3. The highest BCUT2D eigenvalue weighted by atomic mass is 127. The van der Waals surface area contributed by atoms with Crippen molar-refractivity contribution in [3.63, 3.8) is 0 Å². The Labute approximate surface area is 187 Å². The zero-order valence-electron chi connectivity index (χ0n) is 18.0. The van der Waals surface area contributed by atoms with Gasteiger partial charge in [-0.15, -0.1) is 24.0 Å². The summed E-state index contributed by atoms with van der Waals surface area (Å²) in [4.78, 5) is 6.87. The van der Waals surface area contributed by atoms with Crippen molar-refractivity contribution in [1.82, 2.24) is 10.2 Å². The van der Waals surface area contributed by atoms with Crippen LogP contribution >= 0.6 is 24.0 Å². The Morgan fingerprint density at radius 1 is 1.21 bits per heavy atom. The number of halogens is 1. The molecule has 2 aliphatic rings. The van der Waals surface area contributed by atoms with Crippen molar-refractivity contribution in [1.29, 1.82) is 0 Å². The number of benzene rings is 1. The maximum absolute atomic E-state index is 6.05. The number of ether oxygens (including phenoxy) is 2. The average Bonchev–Trinajstić information content (AvgIpc) is 2.67. The molecule has 0 unspecified atom stereocenters. The van der Waals surface area contributed by atoms with Crippen molar-refractivity contribution in [3.05, 3.63) is 35.4 Å². The van der Waals surface area contributed by atoms with Gasteiger partial charge in [-0.05, 0) is 37.8 Å². The summed E-state index contributed by atoms with van der Waals surface area (Å²) in [7, 11) is 1.86. The molecule has 0 radical (unpaired) electrons. The van der Waals surface area contributed by atoms with Gasteiger partial charge in [0.1, 0.15) is 0 Å². The molecule has 6 heteroatoms. The van der Waals surface area contributed by atoms with Crippen LogP contribution in [-0.4, -0.2) is 49.3 Å². The van der Waals surface area contributed by atoms with Crippen LogP contribution in [0.25, 0.3) is 0 Å². The highest BCUT2D eigenvalue weighted by Crippen LogP contribution is 2.46.